The molecule has 2 aromatic heterocycles. The molecule has 0 saturated heterocycles. The number of halogens is 4. The highest BCUT2D eigenvalue weighted by molar-refractivity contribution is 7.80. The van der Waals surface area contributed by atoms with Crippen molar-refractivity contribution in [2.24, 2.45) is 0 Å². The van der Waals surface area contributed by atoms with Crippen LogP contribution in [0.3, 0.4) is 0 Å². The number of hydrogen-bond donors (Lipinski definition) is 2. The van der Waals surface area contributed by atoms with E-state index in [0.29, 0.717) is 49.9 Å². The van der Waals surface area contributed by atoms with Crippen molar-refractivity contribution in [1.29, 1.82) is 0 Å². The molecular formula is C21H16Cl4N6S. The number of benzene rings is 2. The zero-order chi connectivity index (χ0) is 22.7. The lowest BCUT2D eigenvalue weighted by molar-refractivity contribution is 0.689. The van der Waals surface area contributed by atoms with E-state index in [1.807, 2.05) is 42.6 Å². The molecule has 0 fully saturated rings. The molecular weight excluding hydrogens is 510 g/mol. The van der Waals surface area contributed by atoms with Crippen LogP contribution in [-0.2, 0) is 13.1 Å². The summed E-state index contributed by atoms with van der Waals surface area (Å²) in [6, 6.07) is 14.8. The minimum absolute atomic E-state index is 0.310. The number of nitrogens with zero attached hydrogens (tertiary/aromatic N) is 4. The molecule has 6 nitrogen and oxygen atoms in total. The Bertz CT molecular complexity index is 1270. The summed E-state index contributed by atoms with van der Waals surface area (Å²) in [6.07, 6.45) is 3.53. The molecule has 0 bridgehead atoms. The van der Waals surface area contributed by atoms with E-state index < -0.39 is 0 Å². The van der Waals surface area contributed by atoms with Gasteiger partial charge in [0.2, 0.25) is 0 Å². The van der Waals surface area contributed by atoms with Crippen LogP contribution in [0, 0.1) is 0 Å². The second kappa shape index (κ2) is 10.1. The Morgan fingerprint density at radius 2 is 1.56 bits per heavy atom. The predicted octanol–water partition coefficient (Wildman–Crippen LogP) is 6.60. The fraction of sp³-hybridized carbons (Fsp3) is 0.0952. The first-order chi connectivity index (χ1) is 15.4. The minimum Gasteiger partial charge on any atom is -0.316 e. The van der Waals surface area contributed by atoms with E-state index >= 15 is 0 Å². The van der Waals surface area contributed by atoms with Gasteiger partial charge in [0.25, 0.3) is 0 Å². The second-order valence-corrected chi connectivity index (χ2v) is 8.89. The van der Waals surface area contributed by atoms with Crippen LogP contribution in [0.1, 0.15) is 11.1 Å². The molecule has 0 spiro atoms. The molecule has 32 heavy (non-hydrogen) atoms. The molecule has 0 amide bonds. The van der Waals surface area contributed by atoms with Crippen LogP contribution in [0.25, 0.3) is 0 Å². The first-order valence-corrected chi connectivity index (χ1v) is 11.3. The molecule has 0 saturated carbocycles. The topological polar surface area (TPSA) is 59.7 Å². The minimum atomic E-state index is 0.310. The fourth-order valence-corrected chi connectivity index (χ4v) is 4.02. The molecule has 0 radical (unpaired) electrons. The Kier molecular flexibility index (Phi) is 7.23. The zero-order valence-electron chi connectivity index (χ0n) is 16.4. The van der Waals surface area contributed by atoms with Gasteiger partial charge in [0.05, 0.1) is 13.1 Å². The van der Waals surface area contributed by atoms with Crippen molar-refractivity contribution in [2.75, 3.05) is 10.6 Å². The highest BCUT2D eigenvalue weighted by atomic mass is 35.5. The summed E-state index contributed by atoms with van der Waals surface area (Å²) < 4.78 is 3.43. The normalized spacial score (nSPS) is 10.9. The van der Waals surface area contributed by atoms with Crippen molar-refractivity contribution in [3.63, 3.8) is 0 Å². The zero-order valence-corrected chi connectivity index (χ0v) is 20.2. The lowest BCUT2D eigenvalue weighted by atomic mass is 10.2. The van der Waals surface area contributed by atoms with Gasteiger partial charge in [0.1, 0.15) is 5.02 Å². The number of nitrogens with one attached hydrogen (secondary N) is 2. The van der Waals surface area contributed by atoms with Crippen LogP contribution in [0.5, 0.6) is 0 Å². The Morgan fingerprint density at radius 3 is 2.34 bits per heavy atom. The first-order valence-electron chi connectivity index (χ1n) is 9.39. The van der Waals surface area contributed by atoms with Gasteiger partial charge >= 0.3 is 0 Å². The van der Waals surface area contributed by atoms with Crippen molar-refractivity contribution in [3.8, 4) is 0 Å². The van der Waals surface area contributed by atoms with E-state index in [1.165, 1.54) is 0 Å². The second-order valence-electron chi connectivity index (χ2n) is 6.83. The van der Waals surface area contributed by atoms with Gasteiger partial charge in [0.15, 0.2) is 16.7 Å². The SMILES string of the molecule is S=C(Nc1ccn(Cc2ccccc2Cl)n1)Nc1nn(Cc2ccc(Cl)cc2Cl)cc1Cl. The Morgan fingerprint density at radius 1 is 0.812 bits per heavy atom. The van der Waals surface area contributed by atoms with E-state index in [2.05, 4.69) is 20.8 Å². The van der Waals surface area contributed by atoms with Gasteiger partial charge in [-0.1, -0.05) is 70.7 Å². The summed E-state index contributed by atoms with van der Waals surface area (Å²) in [6.45, 7) is 0.981. The molecule has 11 heteroatoms. The van der Waals surface area contributed by atoms with Gasteiger partial charge in [-0.2, -0.15) is 10.2 Å². The van der Waals surface area contributed by atoms with Crippen LogP contribution >= 0.6 is 58.6 Å². The Balaban J connectivity index is 1.37. The highest BCUT2D eigenvalue weighted by Gasteiger charge is 2.11. The molecule has 2 aromatic carbocycles. The Labute approximate surface area is 210 Å². The lowest BCUT2D eigenvalue weighted by Crippen LogP contribution is -2.20. The Hall–Kier alpha value is -2.29. The van der Waals surface area contributed by atoms with Crippen LogP contribution in [-0.4, -0.2) is 24.7 Å². The lowest BCUT2D eigenvalue weighted by Gasteiger charge is -2.07. The molecule has 2 heterocycles. The molecule has 0 aliphatic heterocycles. The summed E-state index contributed by atoms with van der Waals surface area (Å²) in [4.78, 5) is 0. The maximum atomic E-state index is 6.31. The molecule has 2 N–H and O–H groups in total. The van der Waals surface area contributed by atoms with E-state index in [1.54, 1.807) is 27.7 Å². The standard InChI is InChI=1S/C21H16Cl4N6S/c22-15-6-5-14(17(24)9-15)11-31-12-18(25)20(29-31)27-21(32)26-19-7-8-30(28-19)10-13-3-1-2-4-16(13)23/h1-9,12H,10-11H2,(H2,26,27,28,29,32). The van der Waals surface area contributed by atoms with Gasteiger partial charge in [-0.3, -0.25) is 9.36 Å². The van der Waals surface area contributed by atoms with E-state index in [4.69, 9.17) is 58.6 Å². The largest absolute Gasteiger partial charge is 0.316 e. The fourth-order valence-electron chi connectivity index (χ4n) is 2.96. The van der Waals surface area contributed by atoms with Crippen molar-refractivity contribution >= 4 is 75.4 Å². The highest BCUT2D eigenvalue weighted by Crippen LogP contribution is 2.24. The summed E-state index contributed by atoms with van der Waals surface area (Å²) in [5.41, 5.74) is 1.84. The third-order valence-corrected chi connectivity index (χ3v) is 5.91. The van der Waals surface area contributed by atoms with Crippen LogP contribution < -0.4 is 10.6 Å². The van der Waals surface area contributed by atoms with Crippen molar-refractivity contribution in [3.05, 3.63) is 92.1 Å². The van der Waals surface area contributed by atoms with Crippen molar-refractivity contribution in [1.82, 2.24) is 19.6 Å². The third-order valence-electron chi connectivity index (χ3n) is 4.47. The summed E-state index contributed by atoms with van der Waals surface area (Å²) in [7, 11) is 0. The van der Waals surface area contributed by atoms with Crippen LogP contribution in [0.4, 0.5) is 11.6 Å². The number of aromatic nitrogens is 4. The molecule has 0 aliphatic rings. The van der Waals surface area contributed by atoms with Gasteiger partial charge in [0, 0.05) is 33.5 Å². The van der Waals surface area contributed by atoms with Gasteiger partial charge in [-0.15, -0.1) is 0 Å². The maximum Gasteiger partial charge on any atom is 0.177 e. The molecule has 0 atom stereocenters. The average Bonchev–Trinajstić information content (AvgIpc) is 3.32. The summed E-state index contributed by atoms with van der Waals surface area (Å²) in [5, 5.41) is 17.5. The van der Waals surface area contributed by atoms with Crippen LogP contribution in [0.2, 0.25) is 20.1 Å². The van der Waals surface area contributed by atoms with Crippen molar-refractivity contribution < 1.29 is 0 Å². The van der Waals surface area contributed by atoms with Crippen LogP contribution in [0.15, 0.2) is 60.9 Å². The molecule has 0 aliphatic carbocycles. The third kappa shape index (κ3) is 5.74. The molecule has 164 valence electrons. The van der Waals surface area contributed by atoms with Gasteiger partial charge in [-0.05, 0) is 41.5 Å². The molecule has 4 rings (SSSR count). The number of thiocarbonyl (C=S) groups is 1. The summed E-state index contributed by atoms with van der Waals surface area (Å²) in [5.74, 6) is 1.00. The van der Waals surface area contributed by atoms with E-state index in [9.17, 15) is 0 Å². The smallest absolute Gasteiger partial charge is 0.177 e. The summed E-state index contributed by atoms with van der Waals surface area (Å²) >= 11 is 30.1. The molecule has 0 unspecified atom stereocenters. The number of rotatable bonds is 6. The van der Waals surface area contributed by atoms with Gasteiger partial charge < -0.3 is 10.6 Å². The monoisotopic (exact) mass is 524 g/mol. The first kappa shape index (κ1) is 22.9. The maximum absolute atomic E-state index is 6.31. The van der Waals surface area contributed by atoms with E-state index in [0.717, 1.165) is 11.1 Å². The predicted molar refractivity (Wildman–Crippen MR) is 135 cm³/mol. The average molecular weight is 526 g/mol. The van der Waals surface area contributed by atoms with Gasteiger partial charge in [-0.25, -0.2) is 0 Å². The van der Waals surface area contributed by atoms with Crippen molar-refractivity contribution in [2.45, 2.75) is 13.1 Å². The molecule has 4 aromatic rings. The number of hydrogen-bond acceptors (Lipinski definition) is 3. The number of anilines is 2. The van der Waals surface area contributed by atoms with E-state index in [-0.39, 0.29) is 0 Å². The quantitative estimate of drug-likeness (QED) is 0.278.